The van der Waals surface area contributed by atoms with Gasteiger partial charge in [-0.2, -0.15) is 0 Å². The van der Waals surface area contributed by atoms with Crippen molar-refractivity contribution in [1.82, 2.24) is 0 Å². The van der Waals surface area contributed by atoms with Gasteiger partial charge in [0.15, 0.2) is 5.75 Å². The quantitative estimate of drug-likeness (QED) is 0.354. The van der Waals surface area contributed by atoms with E-state index in [9.17, 15) is 4.79 Å². The summed E-state index contributed by atoms with van der Waals surface area (Å²) in [5, 5.41) is 4.10. The van der Waals surface area contributed by atoms with Crippen molar-refractivity contribution in [2.75, 3.05) is 25.4 Å². The lowest BCUT2D eigenvalue weighted by Crippen LogP contribution is -2.16. The molecule has 0 fully saturated rings. The van der Waals surface area contributed by atoms with Gasteiger partial charge in [0.1, 0.15) is 11.5 Å². The summed E-state index contributed by atoms with van der Waals surface area (Å²) in [6.07, 6.45) is 4.25. The van der Waals surface area contributed by atoms with E-state index in [0.29, 0.717) is 5.56 Å². The first-order valence-electron chi connectivity index (χ1n) is 7.12. The number of rotatable bonds is 6. The number of hydrogen-bond donors (Lipinski definition) is 0. The van der Waals surface area contributed by atoms with E-state index in [1.54, 1.807) is 31.4 Å². The van der Waals surface area contributed by atoms with Crippen molar-refractivity contribution in [3.05, 3.63) is 65.7 Å². The molecule has 0 unspecified atom stereocenters. The van der Waals surface area contributed by atoms with Gasteiger partial charge >= 0.3 is 5.97 Å². The van der Waals surface area contributed by atoms with Crippen LogP contribution >= 0.6 is 0 Å². The molecule has 2 aromatic rings. The Morgan fingerprint density at radius 3 is 2.22 bits per heavy atom. The first-order chi connectivity index (χ1) is 11.1. The Balaban J connectivity index is 2.18. The molecule has 0 atom stereocenters. The Morgan fingerprint density at radius 2 is 1.65 bits per heavy atom. The van der Waals surface area contributed by atoms with Crippen molar-refractivity contribution in [3.8, 4) is 5.75 Å². The van der Waals surface area contributed by atoms with Gasteiger partial charge in [-0.1, -0.05) is 23.4 Å². The van der Waals surface area contributed by atoms with E-state index in [1.165, 1.54) is 0 Å². The van der Waals surface area contributed by atoms with Gasteiger partial charge < -0.3 is 9.57 Å². The lowest BCUT2D eigenvalue weighted by molar-refractivity contribution is 0.0516. The van der Waals surface area contributed by atoms with Crippen LogP contribution in [0, 0.1) is 0 Å². The van der Waals surface area contributed by atoms with Crippen molar-refractivity contribution in [1.29, 1.82) is 0 Å². The Hall–Kier alpha value is -2.27. The number of carbonyl (C=O) groups excluding carboxylic acids is 1. The van der Waals surface area contributed by atoms with Crippen LogP contribution in [0.25, 0.3) is 0 Å². The number of ether oxygens (including phenoxy) is 1. The van der Waals surface area contributed by atoms with E-state index in [0.717, 1.165) is 22.8 Å². The van der Waals surface area contributed by atoms with Crippen LogP contribution in [-0.4, -0.2) is 37.1 Å². The molecule has 0 heterocycles. The van der Waals surface area contributed by atoms with Crippen molar-refractivity contribution in [2.24, 2.45) is 5.16 Å². The average molecular weight is 330 g/mol. The maximum absolute atomic E-state index is 12.0. The van der Waals surface area contributed by atoms with Crippen LogP contribution in [0.15, 0.2) is 59.8 Å². The van der Waals surface area contributed by atoms with Crippen LogP contribution in [0.5, 0.6) is 5.75 Å². The predicted molar refractivity (Wildman–Crippen MR) is 95.5 cm³/mol. The number of hydrogen-bond acceptors (Lipinski definition) is 4. The molecule has 2 aromatic carbocycles. The van der Waals surface area contributed by atoms with Gasteiger partial charge in [0.25, 0.3) is 0 Å². The van der Waals surface area contributed by atoms with Crippen LogP contribution in [0.1, 0.15) is 15.9 Å². The highest BCUT2D eigenvalue weighted by Gasteiger charge is 2.15. The first-order valence-corrected chi connectivity index (χ1v) is 9.33. The van der Waals surface area contributed by atoms with E-state index >= 15 is 0 Å². The van der Waals surface area contributed by atoms with Gasteiger partial charge in [-0.05, 0) is 47.3 Å². The second-order valence-corrected chi connectivity index (χ2v) is 7.40. The summed E-state index contributed by atoms with van der Waals surface area (Å²) in [4.78, 5) is 17.1. The molecular formula is C18H20NO3S+. The number of benzene rings is 2. The highest BCUT2D eigenvalue weighted by Crippen LogP contribution is 2.13. The zero-order chi connectivity index (χ0) is 16.7. The maximum atomic E-state index is 12.0. The summed E-state index contributed by atoms with van der Waals surface area (Å²) in [5.74, 6) is 1.07. The van der Waals surface area contributed by atoms with Crippen LogP contribution in [-0.2, 0) is 15.7 Å². The molecule has 0 amide bonds. The standard InChI is InChI=1S/C18H20NO3S/c1-21-16-11-9-14(10-12-16)17(13-23(2)3)19-22-18(20)15-7-5-4-6-8-15/h4-12H,13H2,1-3H3/q+1. The minimum absolute atomic E-state index is 0.134. The molecule has 0 radical (unpaired) electrons. The van der Waals surface area contributed by atoms with Crippen molar-refractivity contribution in [2.45, 2.75) is 0 Å². The minimum atomic E-state index is -0.455. The van der Waals surface area contributed by atoms with Gasteiger partial charge in [0.05, 0.1) is 25.2 Å². The topological polar surface area (TPSA) is 47.9 Å². The number of oxime groups is 1. The van der Waals surface area contributed by atoms with Gasteiger partial charge in [-0.15, -0.1) is 0 Å². The lowest BCUT2D eigenvalue weighted by atomic mass is 10.1. The predicted octanol–water partition coefficient (Wildman–Crippen LogP) is 3.13. The fourth-order valence-corrected chi connectivity index (χ4v) is 2.71. The SMILES string of the molecule is COc1ccc(C(C[S+](C)C)=NOC(=O)c2ccccc2)cc1. The Labute approximate surface area is 139 Å². The Kier molecular flexibility index (Phi) is 6.23. The largest absolute Gasteiger partial charge is 0.497 e. The summed E-state index contributed by atoms with van der Waals surface area (Å²) in [6.45, 7) is 0. The summed E-state index contributed by atoms with van der Waals surface area (Å²) in [7, 11) is 1.76. The third-order valence-corrected chi connectivity index (χ3v) is 3.95. The molecular weight excluding hydrogens is 310 g/mol. The Bertz CT molecular complexity index is 666. The summed E-state index contributed by atoms with van der Waals surface area (Å²) >= 11 is 0. The molecule has 23 heavy (non-hydrogen) atoms. The average Bonchev–Trinajstić information content (AvgIpc) is 2.59. The molecule has 0 bridgehead atoms. The minimum Gasteiger partial charge on any atom is -0.497 e. The molecule has 0 N–H and O–H groups in total. The normalized spacial score (nSPS) is 11.4. The molecule has 0 aliphatic heterocycles. The highest BCUT2D eigenvalue weighted by molar-refractivity contribution is 7.96. The summed E-state index contributed by atoms with van der Waals surface area (Å²) in [6, 6.07) is 16.4. The zero-order valence-electron chi connectivity index (χ0n) is 13.5. The fraction of sp³-hybridized carbons (Fsp3) is 0.222. The third kappa shape index (κ3) is 5.14. The number of carbonyl (C=O) groups is 1. The fourth-order valence-electron chi connectivity index (χ4n) is 1.94. The molecule has 0 spiro atoms. The van der Waals surface area contributed by atoms with Gasteiger partial charge in [-0.25, -0.2) is 4.79 Å². The second kappa shape index (κ2) is 8.39. The summed E-state index contributed by atoms with van der Waals surface area (Å²) in [5.41, 5.74) is 2.16. The molecule has 5 heteroatoms. The Morgan fingerprint density at radius 1 is 1.00 bits per heavy atom. The monoisotopic (exact) mass is 330 g/mol. The van der Waals surface area contributed by atoms with Crippen molar-refractivity contribution < 1.29 is 14.4 Å². The highest BCUT2D eigenvalue weighted by atomic mass is 32.2. The second-order valence-electron chi connectivity index (χ2n) is 5.14. The number of nitrogens with zero attached hydrogens (tertiary/aromatic N) is 1. The van der Waals surface area contributed by atoms with Crippen LogP contribution in [0.3, 0.4) is 0 Å². The number of methoxy groups -OCH3 is 1. The van der Waals surface area contributed by atoms with Crippen LogP contribution in [0.2, 0.25) is 0 Å². The van der Waals surface area contributed by atoms with Crippen LogP contribution < -0.4 is 4.74 Å². The molecule has 120 valence electrons. The van der Waals surface area contributed by atoms with Gasteiger partial charge in [-0.3, -0.25) is 0 Å². The van der Waals surface area contributed by atoms with Gasteiger partial charge in [0, 0.05) is 5.56 Å². The molecule has 0 saturated carbocycles. The van der Waals surface area contributed by atoms with E-state index in [4.69, 9.17) is 9.57 Å². The first kappa shape index (κ1) is 17.1. The lowest BCUT2D eigenvalue weighted by Gasteiger charge is -2.06. The maximum Gasteiger partial charge on any atom is 0.365 e. The molecule has 0 aliphatic rings. The molecule has 0 saturated heterocycles. The summed E-state index contributed by atoms with van der Waals surface area (Å²) < 4.78 is 5.16. The van der Waals surface area contributed by atoms with E-state index < -0.39 is 5.97 Å². The zero-order valence-corrected chi connectivity index (χ0v) is 14.3. The molecule has 2 rings (SSSR count). The van der Waals surface area contributed by atoms with Crippen molar-refractivity contribution in [3.63, 3.8) is 0 Å². The van der Waals surface area contributed by atoms with Crippen molar-refractivity contribution >= 4 is 22.6 Å². The van der Waals surface area contributed by atoms with E-state index in [1.807, 2.05) is 30.3 Å². The third-order valence-electron chi connectivity index (χ3n) is 3.10. The molecule has 0 aliphatic carbocycles. The van der Waals surface area contributed by atoms with Gasteiger partial charge in [0.2, 0.25) is 0 Å². The molecule has 0 aromatic heterocycles. The smallest absolute Gasteiger partial charge is 0.365 e. The van der Waals surface area contributed by atoms with Crippen LogP contribution in [0.4, 0.5) is 0 Å². The van der Waals surface area contributed by atoms with E-state index in [2.05, 4.69) is 17.7 Å². The van der Waals surface area contributed by atoms with E-state index in [-0.39, 0.29) is 10.9 Å². The molecule has 4 nitrogen and oxygen atoms in total.